The van der Waals surface area contributed by atoms with Gasteiger partial charge in [0.25, 0.3) is 5.91 Å². The second-order valence-electron chi connectivity index (χ2n) is 5.83. The molecule has 140 valence electrons. The number of ether oxygens (including phenoxy) is 2. The average Bonchev–Trinajstić information content (AvgIpc) is 3.00. The van der Waals surface area contributed by atoms with Gasteiger partial charge < -0.3 is 19.8 Å². The molecule has 6 nitrogen and oxygen atoms in total. The van der Waals surface area contributed by atoms with E-state index in [9.17, 15) is 9.59 Å². The van der Waals surface area contributed by atoms with Gasteiger partial charge in [-0.2, -0.15) is 0 Å². The van der Waals surface area contributed by atoms with Gasteiger partial charge in [-0.3, -0.25) is 4.79 Å². The van der Waals surface area contributed by atoms with Gasteiger partial charge in [0, 0.05) is 10.9 Å². The molecule has 0 radical (unpaired) electrons. The second-order valence-corrected chi connectivity index (χ2v) is 6.62. The van der Waals surface area contributed by atoms with E-state index in [0.717, 1.165) is 10.9 Å². The van der Waals surface area contributed by atoms with Crippen LogP contribution in [0.15, 0.2) is 53.0 Å². The third-order valence-corrected chi connectivity index (χ3v) is 4.77. The van der Waals surface area contributed by atoms with E-state index in [1.54, 1.807) is 18.2 Å². The molecule has 0 fully saturated rings. The Balaban J connectivity index is 1.71. The summed E-state index contributed by atoms with van der Waals surface area (Å²) in [6, 6.07) is 14.6. The standard InChI is InChI=1S/C20H19BrN2O4/c1-3-26-16-11-7-6-10-15(16)23-19(24)12(2)27-20(25)18-17(21)13-8-4-5-9-14(13)22-18/h4-12,22H,3H2,1-2H3,(H,23,24). The summed E-state index contributed by atoms with van der Waals surface area (Å²) in [7, 11) is 0. The van der Waals surface area contributed by atoms with Crippen molar-refractivity contribution in [1.29, 1.82) is 0 Å². The average molecular weight is 431 g/mol. The molecule has 0 aliphatic heterocycles. The number of halogens is 1. The number of H-pyrrole nitrogens is 1. The molecular formula is C20H19BrN2O4. The third kappa shape index (κ3) is 4.14. The first-order valence-corrected chi connectivity index (χ1v) is 9.30. The van der Waals surface area contributed by atoms with Crippen LogP contribution >= 0.6 is 15.9 Å². The van der Waals surface area contributed by atoms with Crippen molar-refractivity contribution in [3.05, 3.63) is 58.7 Å². The number of anilines is 1. The van der Waals surface area contributed by atoms with E-state index < -0.39 is 18.0 Å². The zero-order chi connectivity index (χ0) is 19.4. The number of esters is 1. The normalized spacial score (nSPS) is 11.8. The van der Waals surface area contributed by atoms with E-state index in [2.05, 4.69) is 26.2 Å². The van der Waals surface area contributed by atoms with Crippen molar-refractivity contribution in [2.75, 3.05) is 11.9 Å². The van der Waals surface area contributed by atoms with E-state index in [0.29, 0.717) is 22.5 Å². The number of fused-ring (bicyclic) bond motifs is 1. The van der Waals surface area contributed by atoms with E-state index >= 15 is 0 Å². The smallest absolute Gasteiger partial charge is 0.356 e. The zero-order valence-electron chi connectivity index (χ0n) is 14.9. The topological polar surface area (TPSA) is 80.4 Å². The van der Waals surface area contributed by atoms with Crippen molar-refractivity contribution in [2.24, 2.45) is 0 Å². The highest BCUT2D eigenvalue weighted by atomic mass is 79.9. The molecule has 0 saturated heterocycles. The van der Waals surface area contributed by atoms with Gasteiger partial charge in [0.15, 0.2) is 6.10 Å². The first kappa shape index (κ1) is 19.0. The largest absolute Gasteiger partial charge is 0.492 e. The first-order chi connectivity index (χ1) is 13.0. The van der Waals surface area contributed by atoms with Gasteiger partial charge in [-0.25, -0.2) is 4.79 Å². The van der Waals surface area contributed by atoms with Gasteiger partial charge in [0.05, 0.1) is 16.8 Å². The Morgan fingerprint density at radius 1 is 1.15 bits per heavy atom. The summed E-state index contributed by atoms with van der Waals surface area (Å²) in [4.78, 5) is 27.9. The molecule has 0 aliphatic carbocycles. The lowest BCUT2D eigenvalue weighted by Crippen LogP contribution is -2.30. The molecule has 2 aromatic carbocycles. The molecule has 3 aromatic rings. The molecule has 1 aromatic heterocycles. The summed E-state index contributed by atoms with van der Waals surface area (Å²) < 4.78 is 11.4. The lowest BCUT2D eigenvalue weighted by Gasteiger charge is -2.15. The number of hydrogen-bond acceptors (Lipinski definition) is 4. The predicted octanol–water partition coefficient (Wildman–Crippen LogP) is 4.51. The summed E-state index contributed by atoms with van der Waals surface area (Å²) >= 11 is 3.41. The molecule has 1 amide bonds. The number of carbonyl (C=O) groups excluding carboxylic acids is 2. The molecule has 0 spiro atoms. The minimum Gasteiger partial charge on any atom is -0.492 e. The van der Waals surface area contributed by atoms with Crippen LogP contribution in [0.3, 0.4) is 0 Å². The maximum Gasteiger partial charge on any atom is 0.356 e. The second kappa shape index (κ2) is 8.26. The van der Waals surface area contributed by atoms with Crippen molar-refractivity contribution < 1.29 is 19.1 Å². The summed E-state index contributed by atoms with van der Waals surface area (Å²) in [6.07, 6.45) is -0.981. The molecule has 1 atom stereocenters. The van der Waals surface area contributed by atoms with E-state index in [1.165, 1.54) is 6.92 Å². The fourth-order valence-electron chi connectivity index (χ4n) is 2.61. The number of amides is 1. The van der Waals surface area contributed by atoms with Gasteiger partial charge in [0.2, 0.25) is 0 Å². The van der Waals surface area contributed by atoms with Crippen LogP contribution in [0.1, 0.15) is 24.3 Å². The van der Waals surface area contributed by atoms with Crippen LogP contribution in [-0.4, -0.2) is 29.6 Å². The number of rotatable bonds is 6. The quantitative estimate of drug-likeness (QED) is 0.563. The van der Waals surface area contributed by atoms with Crippen molar-refractivity contribution in [1.82, 2.24) is 4.98 Å². The van der Waals surface area contributed by atoms with Crippen LogP contribution < -0.4 is 10.1 Å². The molecule has 2 N–H and O–H groups in total. The molecule has 1 unspecified atom stereocenters. The Labute approximate surface area is 165 Å². The fourth-order valence-corrected chi connectivity index (χ4v) is 3.21. The van der Waals surface area contributed by atoms with Crippen LogP contribution in [0, 0.1) is 0 Å². The molecule has 0 aliphatic rings. The first-order valence-electron chi connectivity index (χ1n) is 8.51. The number of nitrogens with one attached hydrogen (secondary N) is 2. The van der Waals surface area contributed by atoms with Crippen molar-refractivity contribution >= 4 is 44.4 Å². The number of para-hydroxylation sites is 3. The van der Waals surface area contributed by atoms with Crippen LogP contribution in [0.2, 0.25) is 0 Å². The molecule has 0 bridgehead atoms. The van der Waals surface area contributed by atoms with Crippen LogP contribution in [0.4, 0.5) is 5.69 Å². The number of aromatic nitrogens is 1. The molecule has 3 rings (SSSR count). The van der Waals surface area contributed by atoms with Gasteiger partial charge in [-0.15, -0.1) is 0 Å². The van der Waals surface area contributed by atoms with Crippen molar-refractivity contribution in [3.8, 4) is 5.75 Å². The van der Waals surface area contributed by atoms with E-state index in [-0.39, 0.29) is 5.69 Å². The Hall–Kier alpha value is -2.80. The summed E-state index contributed by atoms with van der Waals surface area (Å²) in [5.41, 5.74) is 1.60. The lowest BCUT2D eigenvalue weighted by molar-refractivity contribution is -0.123. The molecule has 1 heterocycles. The third-order valence-electron chi connectivity index (χ3n) is 3.94. The molecule has 27 heavy (non-hydrogen) atoms. The highest BCUT2D eigenvalue weighted by Crippen LogP contribution is 2.28. The molecule has 7 heteroatoms. The number of benzene rings is 2. The highest BCUT2D eigenvalue weighted by Gasteiger charge is 2.23. The minimum atomic E-state index is -0.981. The number of carbonyl (C=O) groups is 2. The fraction of sp³-hybridized carbons (Fsp3) is 0.200. The van der Waals surface area contributed by atoms with Crippen LogP contribution in [0.25, 0.3) is 10.9 Å². The van der Waals surface area contributed by atoms with Crippen LogP contribution in [0.5, 0.6) is 5.75 Å². The predicted molar refractivity (Wildman–Crippen MR) is 107 cm³/mol. The van der Waals surface area contributed by atoms with E-state index in [1.807, 2.05) is 37.3 Å². The maximum absolute atomic E-state index is 12.5. The summed E-state index contributed by atoms with van der Waals surface area (Å²) in [5, 5.41) is 3.60. The SMILES string of the molecule is CCOc1ccccc1NC(=O)C(C)OC(=O)c1[nH]c2ccccc2c1Br. The Bertz CT molecular complexity index is 983. The Morgan fingerprint density at radius 2 is 1.85 bits per heavy atom. The van der Waals surface area contributed by atoms with Gasteiger partial charge in [-0.1, -0.05) is 30.3 Å². The zero-order valence-corrected chi connectivity index (χ0v) is 16.5. The summed E-state index contributed by atoms with van der Waals surface area (Å²) in [5.74, 6) is -0.494. The van der Waals surface area contributed by atoms with Gasteiger partial charge >= 0.3 is 5.97 Å². The Morgan fingerprint density at radius 3 is 2.59 bits per heavy atom. The van der Waals surface area contributed by atoms with Gasteiger partial charge in [0.1, 0.15) is 11.4 Å². The van der Waals surface area contributed by atoms with Gasteiger partial charge in [-0.05, 0) is 48.0 Å². The lowest BCUT2D eigenvalue weighted by atomic mass is 10.2. The van der Waals surface area contributed by atoms with Crippen molar-refractivity contribution in [3.63, 3.8) is 0 Å². The number of aromatic amines is 1. The Kier molecular flexibility index (Phi) is 5.81. The minimum absolute atomic E-state index is 0.269. The van der Waals surface area contributed by atoms with Crippen molar-refractivity contribution in [2.45, 2.75) is 20.0 Å². The summed E-state index contributed by atoms with van der Waals surface area (Å²) in [6.45, 7) is 3.86. The van der Waals surface area contributed by atoms with Crippen LogP contribution in [-0.2, 0) is 9.53 Å². The molecular weight excluding hydrogens is 412 g/mol. The van der Waals surface area contributed by atoms with E-state index in [4.69, 9.17) is 9.47 Å². The molecule has 0 saturated carbocycles. The monoisotopic (exact) mass is 430 g/mol. The number of hydrogen-bond donors (Lipinski definition) is 2. The highest BCUT2D eigenvalue weighted by molar-refractivity contribution is 9.10. The maximum atomic E-state index is 12.5.